The Morgan fingerprint density at radius 2 is 2.00 bits per heavy atom. The van der Waals surface area contributed by atoms with Gasteiger partial charge in [0.1, 0.15) is 0 Å². The van der Waals surface area contributed by atoms with Crippen molar-refractivity contribution >= 4 is 15.9 Å². The van der Waals surface area contributed by atoms with E-state index in [9.17, 15) is 13.2 Å². The van der Waals surface area contributed by atoms with Crippen LogP contribution in [0.15, 0.2) is 0 Å². The zero-order valence-electron chi connectivity index (χ0n) is 11.8. The molecule has 19 heavy (non-hydrogen) atoms. The van der Waals surface area contributed by atoms with Crippen LogP contribution in [0.1, 0.15) is 39.5 Å². The second-order valence-electron chi connectivity index (χ2n) is 5.24. The fourth-order valence-corrected chi connectivity index (χ4v) is 3.79. The minimum absolute atomic E-state index is 0.0511. The van der Waals surface area contributed by atoms with Gasteiger partial charge >= 0.3 is 0 Å². The summed E-state index contributed by atoms with van der Waals surface area (Å²) in [6, 6.07) is -0.0793. The van der Waals surface area contributed by atoms with Crippen molar-refractivity contribution in [2.24, 2.45) is 5.73 Å². The predicted octanol–water partition coefficient (Wildman–Crippen LogP) is 0.0441. The number of nitrogens with one attached hydrogen (secondary N) is 1. The van der Waals surface area contributed by atoms with Crippen LogP contribution in [0.25, 0.3) is 0 Å². The molecule has 7 heteroatoms. The first-order valence-electron chi connectivity index (χ1n) is 6.88. The molecule has 1 rings (SSSR count). The van der Waals surface area contributed by atoms with E-state index in [-0.39, 0.29) is 23.7 Å². The van der Waals surface area contributed by atoms with Crippen molar-refractivity contribution in [2.75, 3.05) is 18.8 Å². The summed E-state index contributed by atoms with van der Waals surface area (Å²) in [5.41, 5.74) is 5.56. The number of sulfonamides is 1. The SMILES string of the molecule is CCCS(=O)(=O)N1CCC(NC(=O)CC(C)N)CC1. The van der Waals surface area contributed by atoms with Crippen LogP contribution in [0.2, 0.25) is 0 Å². The molecule has 0 bridgehead atoms. The number of nitrogens with zero attached hydrogens (tertiary/aromatic N) is 1. The first-order valence-corrected chi connectivity index (χ1v) is 8.49. The highest BCUT2D eigenvalue weighted by molar-refractivity contribution is 7.89. The summed E-state index contributed by atoms with van der Waals surface area (Å²) in [4.78, 5) is 11.6. The lowest BCUT2D eigenvalue weighted by molar-refractivity contribution is -0.122. The van der Waals surface area contributed by atoms with Crippen molar-refractivity contribution in [1.82, 2.24) is 9.62 Å². The molecular weight excluding hydrogens is 266 g/mol. The van der Waals surface area contributed by atoms with Crippen molar-refractivity contribution < 1.29 is 13.2 Å². The molecule has 3 N–H and O–H groups in total. The number of hydrogen-bond acceptors (Lipinski definition) is 4. The van der Waals surface area contributed by atoms with Crippen LogP contribution in [0, 0.1) is 0 Å². The summed E-state index contributed by atoms with van der Waals surface area (Å²) in [7, 11) is -3.10. The van der Waals surface area contributed by atoms with E-state index >= 15 is 0 Å². The van der Waals surface area contributed by atoms with E-state index in [1.807, 2.05) is 6.92 Å². The van der Waals surface area contributed by atoms with Gasteiger partial charge in [0.05, 0.1) is 5.75 Å². The number of amides is 1. The molecule has 1 unspecified atom stereocenters. The van der Waals surface area contributed by atoms with Crippen molar-refractivity contribution in [2.45, 2.75) is 51.6 Å². The maximum atomic E-state index is 11.9. The monoisotopic (exact) mass is 291 g/mol. The van der Waals surface area contributed by atoms with E-state index in [1.165, 1.54) is 4.31 Å². The summed E-state index contributed by atoms with van der Waals surface area (Å²) < 4.78 is 25.3. The molecule has 1 heterocycles. The maximum absolute atomic E-state index is 11.9. The minimum atomic E-state index is -3.10. The average Bonchev–Trinajstić information content (AvgIpc) is 2.28. The first-order chi connectivity index (χ1) is 8.85. The molecule has 0 aromatic carbocycles. The molecule has 1 aliphatic rings. The van der Waals surface area contributed by atoms with Crippen LogP contribution in [0.4, 0.5) is 0 Å². The number of hydrogen-bond donors (Lipinski definition) is 2. The standard InChI is InChI=1S/C12H25N3O3S/c1-3-8-19(17,18)15-6-4-11(5-7-15)14-12(16)9-10(2)13/h10-11H,3-9,13H2,1-2H3,(H,14,16). The molecule has 1 aliphatic heterocycles. The van der Waals surface area contributed by atoms with E-state index in [0.717, 1.165) is 0 Å². The van der Waals surface area contributed by atoms with Crippen LogP contribution in [0.3, 0.4) is 0 Å². The van der Waals surface area contributed by atoms with Crippen molar-refractivity contribution in [3.63, 3.8) is 0 Å². The fraction of sp³-hybridized carbons (Fsp3) is 0.917. The highest BCUT2D eigenvalue weighted by atomic mass is 32.2. The summed E-state index contributed by atoms with van der Waals surface area (Å²) >= 11 is 0. The molecule has 0 aromatic rings. The Morgan fingerprint density at radius 3 is 2.47 bits per heavy atom. The van der Waals surface area contributed by atoms with Gasteiger partial charge in [-0.3, -0.25) is 4.79 Å². The number of piperidine rings is 1. The number of carbonyl (C=O) groups is 1. The Balaban J connectivity index is 2.39. The minimum Gasteiger partial charge on any atom is -0.353 e. The number of rotatable bonds is 6. The summed E-state index contributed by atoms with van der Waals surface area (Å²) in [6.45, 7) is 4.63. The Labute approximate surface area is 115 Å². The second-order valence-corrected chi connectivity index (χ2v) is 7.33. The van der Waals surface area contributed by atoms with Crippen LogP contribution in [0.5, 0.6) is 0 Å². The van der Waals surface area contributed by atoms with Gasteiger partial charge in [-0.25, -0.2) is 12.7 Å². The zero-order valence-corrected chi connectivity index (χ0v) is 12.6. The average molecular weight is 291 g/mol. The molecule has 1 atom stereocenters. The number of carbonyl (C=O) groups excluding carboxylic acids is 1. The molecule has 0 aromatic heterocycles. The van der Waals surface area contributed by atoms with Crippen LogP contribution in [-0.2, 0) is 14.8 Å². The third-order valence-electron chi connectivity index (χ3n) is 3.18. The van der Waals surface area contributed by atoms with Gasteiger partial charge in [0.2, 0.25) is 15.9 Å². The van der Waals surface area contributed by atoms with E-state index in [2.05, 4.69) is 5.32 Å². The number of nitrogens with two attached hydrogens (primary N) is 1. The third kappa shape index (κ3) is 5.46. The Morgan fingerprint density at radius 1 is 1.42 bits per heavy atom. The lowest BCUT2D eigenvalue weighted by atomic mass is 10.1. The third-order valence-corrected chi connectivity index (χ3v) is 5.26. The molecule has 1 amide bonds. The molecule has 6 nitrogen and oxygen atoms in total. The van der Waals surface area contributed by atoms with E-state index in [0.29, 0.717) is 38.8 Å². The van der Waals surface area contributed by atoms with Gasteiger partial charge < -0.3 is 11.1 Å². The summed E-state index contributed by atoms with van der Waals surface area (Å²) in [5.74, 6) is 0.152. The van der Waals surface area contributed by atoms with Gasteiger partial charge in [-0.1, -0.05) is 6.92 Å². The largest absolute Gasteiger partial charge is 0.353 e. The second kappa shape index (κ2) is 7.21. The molecule has 112 valence electrons. The van der Waals surface area contributed by atoms with Gasteiger partial charge in [0.25, 0.3) is 0 Å². The van der Waals surface area contributed by atoms with E-state index < -0.39 is 10.0 Å². The van der Waals surface area contributed by atoms with Gasteiger partial charge in [0.15, 0.2) is 0 Å². The fourth-order valence-electron chi connectivity index (χ4n) is 2.24. The Bertz CT molecular complexity index is 387. The predicted molar refractivity (Wildman–Crippen MR) is 75.1 cm³/mol. The molecular formula is C12H25N3O3S. The molecule has 0 saturated carbocycles. The van der Waals surface area contributed by atoms with Crippen LogP contribution in [-0.4, -0.2) is 49.6 Å². The lowest BCUT2D eigenvalue weighted by Crippen LogP contribution is -2.47. The van der Waals surface area contributed by atoms with Crippen molar-refractivity contribution in [1.29, 1.82) is 0 Å². The normalized spacial score (nSPS) is 20.2. The maximum Gasteiger partial charge on any atom is 0.221 e. The summed E-state index contributed by atoms with van der Waals surface area (Å²) in [5, 5.41) is 2.91. The Hall–Kier alpha value is -0.660. The molecule has 0 aliphatic carbocycles. The Kier molecular flexibility index (Phi) is 6.22. The molecule has 1 fully saturated rings. The van der Waals surface area contributed by atoms with Crippen LogP contribution < -0.4 is 11.1 Å². The van der Waals surface area contributed by atoms with Gasteiger partial charge in [-0.15, -0.1) is 0 Å². The van der Waals surface area contributed by atoms with E-state index in [1.54, 1.807) is 6.92 Å². The molecule has 0 spiro atoms. The first kappa shape index (κ1) is 16.4. The van der Waals surface area contributed by atoms with E-state index in [4.69, 9.17) is 5.73 Å². The van der Waals surface area contributed by atoms with Crippen LogP contribution >= 0.6 is 0 Å². The smallest absolute Gasteiger partial charge is 0.221 e. The zero-order chi connectivity index (χ0) is 14.5. The topological polar surface area (TPSA) is 92.5 Å². The highest BCUT2D eigenvalue weighted by Crippen LogP contribution is 2.15. The summed E-state index contributed by atoms with van der Waals surface area (Å²) in [6.07, 6.45) is 2.29. The van der Waals surface area contributed by atoms with Crippen molar-refractivity contribution in [3.8, 4) is 0 Å². The molecule has 1 saturated heterocycles. The lowest BCUT2D eigenvalue weighted by Gasteiger charge is -2.31. The van der Waals surface area contributed by atoms with Gasteiger partial charge in [0, 0.05) is 31.6 Å². The quantitative estimate of drug-likeness (QED) is 0.723. The van der Waals surface area contributed by atoms with Crippen molar-refractivity contribution in [3.05, 3.63) is 0 Å². The van der Waals surface area contributed by atoms with Gasteiger partial charge in [-0.2, -0.15) is 0 Å². The molecule has 0 radical (unpaired) electrons. The van der Waals surface area contributed by atoms with Gasteiger partial charge in [-0.05, 0) is 26.2 Å². The highest BCUT2D eigenvalue weighted by Gasteiger charge is 2.27.